The molecule has 1 aromatic heterocycles. The van der Waals surface area contributed by atoms with E-state index < -0.39 is 17.6 Å². The van der Waals surface area contributed by atoms with Gasteiger partial charge in [-0.25, -0.2) is 8.78 Å². The Balaban J connectivity index is 1.93. The summed E-state index contributed by atoms with van der Waals surface area (Å²) in [7, 11) is 3.85. The van der Waals surface area contributed by atoms with Gasteiger partial charge in [0.25, 0.3) is 0 Å². The Morgan fingerprint density at radius 3 is 2.67 bits per heavy atom. The van der Waals surface area contributed by atoms with E-state index in [9.17, 15) is 13.6 Å². The SMILES string of the molecule is CN(C)CCNC(=O)CC(c1ccc(F)cc1F)c1c[nH]c2ccccc12. The Morgan fingerprint density at radius 1 is 1.15 bits per heavy atom. The quantitative estimate of drug-likeness (QED) is 0.666. The highest BCUT2D eigenvalue weighted by Crippen LogP contribution is 2.34. The molecule has 27 heavy (non-hydrogen) atoms. The normalized spacial score (nSPS) is 12.5. The number of carbonyl (C=O) groups excluding carboxylic acids is 1. The summed E-state index contributed by atoms with van der Waals surface area (Å²) in [5, 5.41) is 3.79. The van der Waals surface area contributed by atoms with E-state index in [1.807, 2.05) is 43.3 Å². The Bertz CT molecular complexity index is 936. The van der Waals surface area contributed by atoms with E-state index in [-0.39, 0.29) is 12.3 Å². The van der Waals surface area contributed by atoms with Crippen molar-refractivity contribution in [2.45, 2.75) is 12.3 Å². The molecule has 0 saturated carbocycles. The molecule has 0 bridgehead atoms. The fraction of sp³-hybridized carbons (Fsp3) is 0.286. The standard InChI is InChI=1S/C21H23F2N3O/c1-26(2)10-9-24-21(27)12-17(15-8-7-14(22)11-19(15)23)18-13-25-20-6-4-3-5-16(18)20/h3-8,11,13,17,25H,9-10,12H2,1-2H3,(H,24,27). The minimum atomic E-state index is -0.647. The Morgan fingerprint density at radius 2 is 1.93 bits per heavy atom. The molecule has 2 N–H and O–H groups in total. The van der Waals surface area contributed by atoms with Crippen LogP contribution in [0.1, 0.15) is 23.5 Å². The predicted molar refractivity (Wildman–Crippen MR) is 103 cm³/mol. The van der Waals surface area contributed by atoms with Gasteiger partial charge in [0.15, 0.2) is 0 Å². The number of aromatic nitrogens is 1. The number of fused-ring (bicyclic) bond motifs is 1. The monoisotopic (exact) mass is 371 g/mol. The number of amides is 1. The first-order valence-corrected chi connectivity index (χ1v) is 8.88. The van der Waals surface area contributed by atoms with Gasteiger partial charge < -0.3 is 15.2 Å². The molecule has 0 spiro atoms. The number of carbonyl (C=O) groups is 1. The number of nitrogens with zero attached hydrogens (tertiary/aromatic N) is 1. The summed E-state index contributed by atoms with van der Waals surface area (Å²) in [6, 6.07) is 11.2. The molecule has 0 aliphatic heterocycles. The predicted octanol–water partition coefficient (Wildman–Crippen LogP) is 3.65. The number of rotatable bonds is 7. The van der Waals surface area contributed by atoms with Crippen molar-refractivity contribution in [3.8, 4) is 0 Å². The average molecular weight is 371 g/mol. The maximum absolute atomic E-state index is 14.5. The van der Waals surface area contributed by atoms with Crippen molar-refractivity contribution in [2.75, 3.05) is 27.2 Å². The van der Waals surface area contributed by atoms with Crippen LogP contribution in [0.25, 0.3) is 10.9 Å². The molecule has 2 aromatic carbocycles. The van der Waals surface area contributed by atoms with E-state index >= 15 is 0 Å². The van der Waals surface area contributed by atoms with Gasteiger partial charge in [-0.15, -0.1) is 0 Å². The molecule has 142 valence electrons. The minimum Gasteiger partial charge on any atom is -0.361 e. The Hall–Kier alpha value is -2.73. The molecular formula is C21H23F2N3O. The molecule has 4 nitrogen and oxygen atoms in total. The second kappa shape index (κ2) is 8.31. The van der Waals surface area contributed by atoms with Crippen molar-refractivity contribution in [2.24, 2.45) is 0 Å². The van der Waals surface area contributed by atoms with E-state index in [0.29, 0.717) is 18.7 Å². The lowest BCUT2D eigenvalue weighted by atomic mass is 9.87. The summed E-state index contributed by atoms with van der Waals surface area (Å²) in [5.41, 5.74) is 2.04. The van der Waals surface area contributed by atoms with E-state index in [0.717, 1.165) is 22.5 Å². The van der Waals surface area contributed by atoms with Gasteiger partial charge in [-0.05, 0) is 37.4 Å². The highest BCUT2D eigenvalue weighted by Gasteiger charge is 2.24. The molecule has 1 atom stereocenters. The van der Waals surface area contributed by atoms with Crippen LogP contribution in [0.2, 0.25) is 0 Å². The summed E-state index contributed by atoms with van der Waals surface area (Å²) in [4.78, 5) is 17.6. The van der Waals surface area contributed by atoms with Crippen LogP contribution in [0.5, 0.6) is 0 Å². The van der Waals surface area contributed by atoms with Gasteiger partial charge in [-0.3, -0.25) is 4.79 Å². The minimum absolute atomic E-state index is 0.0812. The zero-order valence-corrected chi connectivity index (χ0v) is 15.4. The third kappa shape index (κ3) is 4.52. The summed E-state index contributed by atoms with van der Waals surface area (Å²) >= 11 is 0. The van der Waals surface area contributed by atoms with Gasteiger partial charge >= 0.3 is 0 Å². The number of halogens is 2. The number of aromatic amines is 1. The second-order valence-electron chi connectivity index (χ2n) is 6.87. The molecule has 1 unspecified atom stereocenters. The first kappa shape index (κ1) is 19.0. The van der Waals surface area contributed by atoms with Crippen LogP contribution >= 0.6 is 0 Å². The highest BCUT2D eigenvalue weighted by atomic mass is 19.1. The first-order valence-electron chi connectivity index (χ1n) is 8.88. The van der Waals surface area contributed by atoms with Crippen LogP contribution in [0, 0.1) is 11.6 Å². The molecule has 3 rings (SSSR count). The number of likely N-dealkylation sites (N-methyl/N-ethyl adjacent to an activating group) is 1. The number of H-pyrrole nitrogens is 1. The van der Waals surface area contributed by atoms with Gasteiger partial charge in [0.2, 0.25) is 5.91 Å². The van der Waals surface area contributed by atoms with Crippen molar-refractivity contribution in [3.05, 3.63) is 71.4 Å². The van der Waals surface area contributed by atoms with E-state index in [4.69, 9.17) is 0 Å². The Kier molecular flexibility index (Phi) is 5.86. The van der Waals surface area contributed by atoms with E-state index in [2.05, 4.69) is 10.3 Å². The summed E-state index contributed by atoms with van der Waals surface area (Å²) in [6.07, 6.45) is 1.88. The van der Waals surface area contributed by atoms with Crippen molar-refractivity contribution < 1.29 is 13.6 Å². The molecule has 6 heteroatoms. The summed E-state index contributed by atoms with van der Waals surface area (Å²) in [5.74, 6) is -1.97. The van der Waals surface area contributed by atoms with E-state index in [1.54, 1.807) is 6.20 Å². The topological polar surface area (TPSA) is 48.1 Å². The first-order chi connectivity index (χ1) is 13.0. The van der Waals surface area contributed by atoms with Crippen molar-refractivity contribution in [1.82, 2.24) is 15.2 Å². The zero-order valence-electron chi connectivity index (χ0n) is 15.4. The largest absolute Gasteiger partial charge is 0.361 e. The molecule has 0 aliphatic carbocycles. The smallest absolute Gasteiger partial charge is 0.220 e. The third-order valence-electron chi connectivity index (χ3n) is 4.61. The maximum Gasteiger partial charge on any atom is 0.220 e. The number of nitrogens with one attached hydrogen (secondary N) is 2. The summed E-state index contributed by atoms with van der Waals surface area (Å²) < 4.78 is 27.9. The Labute approximate surface area is 157 Å². The number of para-hydroxylation sites is 1. The third-order valence-corrected chi connectivity index (χ3v) is 4.61. The highest BCUT2D eigenvalue weighted by molar-refractivity contribution is 5.86. The molecule has 3 aromatic rings. The van der Waals surface area contributed by atoms with Crippen molar-refractivity contribution in [3.63, 3.8) is 0 Å². The molecular weight excluding hydrogens is 348 g/mol. The van der Waals surface area contributed by atoms with Crippen LogP contribution in [0.4, 0.5) is 8.78 Å². The van der Waals surface area contributed by atoms with Crippen molar-refractivity contribution in [1.29, 1.82) is 0 Å². The van der Waals surface area contributed by atoms with Gasteiger partial charge in [-0.1, -0.05) is 24.3 Å². The lowest BCUT2D eigenvalue weighted by Gasteiger charge is -2.18. The van der Waals surface area contributed by atoms with Gasteiger partial charge in [0.1, 0.15) is 11.6 Å². The lowest BCUT2D eigenvalue weighted by molar-refractivity contribution is -0.121. The van der Waals surface area contributed by atoms with Gasteiger partial charge in [0.05, 0.1) is 0 Å². The second-order valence-corrected chi connectivity index (χ2v) is 6.87. The molecule has 0 radical (unpaired) electrons. The van der Waals surface area contributed by atoms with Crippen LogP contribution in [-0.4, -0.2) is 43.0 Å². The van der Waals surface area contributed by atoms with Gasteiger partial charge in [0, 0.05) is 48.6 Å². The van der Waals surface area contributed by atoms with Crippen LogP contribution < -0.4 is 5.32 Å². The van der Waals surface area contributed by atoms with Gasteiger partial charge in [-0.2, -0.15) is 0 Å². The number of hydrogen-bond acceptors (Lipinski definition) is 2. The van der Waals surface area contributed by atoms with Crippen molar-refractivity contribution >= 4 is 16.8 Å². The zero-order chi connectivity index (χ0) is 19.4. The van der Waals surface area contributed by atoms with Crippen LogP contribution in [0.3, 0.4) is 0 Å². The fourth-order valence-electron chi connectivity index (χ4n) is 3.23. The molecule has 1 amide bonds. The summed E-state index contributed by atoms with van der Waals surface area (Å²) in [6.45, 7) is 1.23. The average Bonchev–Trinajstić information content (AvgIpc) is 3.04. The fourth-order valence-corrected chi connectivity index (χ4v) is 3.23. The van der Waals surface area contributed by atoms with E-state index in [1.165, 1.54) is 12.1 Å². The lowest BCUT2D eigenvalue weighted by Crippen LogP contribution is -2.32. The molecule has 0 fully saturated rings. The maximum atomic E-state index is 14.5. The molecule has 0 saturated heterocycles. The molecule has 0 aliphatic rings. The molecule has 1 heterocycles. The van der Waals surface area contributed by atoms with Crippen LogP contribution in [0.15, 0.2) is 48.7 Å². The van der Waals surface area contributed by atoms with Crippen LogP contribution in [-0.2, 0) is 4.79 Å². The number of hydrogen-bond donors (Lipinski definition) is 2. The number of benzene rings is 2.